The highest BCUT2D eigenvalue weighted by Gasteiger charge is 2.38. The Hall–Kier alpha value is -3.48. The number of hydrogen-bond donors (Lipinski definition) is 3. The maximum absolute atomic E-state index is 12.9. The summed E-state index contributed by atoms with van der Waals surface area (Å²) in [5.41, 5.74) is 1.13. The largest absolute Gasteiger partial charge is 0.496 e. The van der Waals surface area contributed by atoms with Gasteiger partial charge in [-0.05, 0) is 43.4 Å². The minimum atomic E-state index is -0.292. The number of aromatic nitrogens is 2. The molecule has 4 rings (SSSR count). The van der Waals surface area contributed by atoms with Gasteiger partial charge in [-0.15, -0.1) is 0 Å². The van der Waals surface area contributed by atoms with Crippen molar-refractivity contribution in [1.82, 2.24) is 14.9 Å². The number of nitrogens with zero attached hydrogens (tertiary/aromatic N) is 1. The molecule has 0 aliphatic heterocycles. The number of carbonyl (C=O) groups excluding carboxylic acids is 1. The monoisotopic (exact) mass is 421 g/mol. The van der Waals surface area contributed by atoms with Crippen molar-refractivity contribution < 1.29 is 14.6 Å². The standard InChI is InChI=1S/C24H27N3O4/c1-31-20-10-6-5-9-19(20)22(29)26-16-24(17-7-3-2-4-8-17)13-11-18(12-14-24)27-21(28)15-25-23(27)30/h2-10,15,18,28H,11-14,16H2,1H3,(H,25,30)(H,26,29). The van der Waals surface area contributed by atoms with Crippen molar-refractivity contribution in [2.45, 2.75) is 37.1 Å². The van der Waals surface area contributed by atoms with Crippen LogP contribution in [-0.4, -0.2) is 34.2 Å². The third-order valence-electron chi connectivity index (χ3n) is 6.39. The fourth-order valence-corrected chi connectivity index (χ4v) is 4.67. The van der Waals surface area contributed by atoms with E-state index in [1.54, 1.807) is 19.2 Å². The normalized spacial score (nSPS) is 20.9. The van der Waals surface area contributed by atoms with Crippen LogP contribution in [0, 0.1) is 0 Å². The van der Waals surface area contributed by atoms with E-state index in [4.69, 9.17) is 4.74 Å². The molecule has 162 valence electrons. The number of benzene rings is 2. The predicted molar refractivity (Wildman–Crippen MR) is 118 cm³/mol. The second-order valence-electron chi connectivity index (χ2n) is 8.08. The number of para-hydroxylation sites is 1. The molecule has 1 aromatic heterocycles. The summed E-state index contributed by atoms with van der Waals surface area (Å²) < 4.78 is 6.76. The summed E-state index contributed by atoms with van der Waals surface area (Å²) in [6, 6.07) is 17.3. The van der Waals surface area contributed by atoms with Crippen molar-refractivity contribution in [2.24, 2.45) is 0 Å². The number of imidazole rings is 1. The molecule has 0 saturated heterocycles. The predicted octanol–water partition coefficient (Wildman–Crippen LogP) is 3.37. The second-order valence-corrected chi connectivity index (χ2v) is 8.08. The topological polar surface area (TPSA) is 96.3 Å². The van der Waals surface area contributed by atoms with Gasteiger partial charge in [-0.3, -0.25) is 9.36 Å². The summed E-state index contributed by atoms with van der Waals surface area (Å²) in [6.07, 6.45) is 4.35. The number of methoxy groups -OCH3 is 1. The van der Waals surface area contributed by atoms with E-state index in [-0.39, 0.29) is 28.9 Å². The number of amides is 1. The molecule has 1 aliphatic rings. The second kappa shape index (κ2) is 8.71. The number of aromatic hydroxyl groups is 1. The molecule has 7 nitrogen and oxygen atoms in total. The minimum Gasteiger partial charge on any atom is -0.496 e. The van der Waals surface area contributed by atoms with Crippen LogP contribution in [0.1, 0.15) is 47.6 Å². The summed E-state index contributed by atoms with van der Waals surface area (Å²) in [4.78, 5) is 27.5. The van der Waals surface area contributed by atoms with E-state index in [2.05, 4.69) is 22.4 Å². The quantitative estimate of drug-likeness (QED) is 0.569. The number of ether oxygens (including phenoxy) is 1. The molecule has 1 amide bonds. The average molecular weight is 421 g/mol. The fourth-order valence-electron chi connectivity index (χ4n) is 4.67. The molecular weight excluding hydrogens is 394 g/mol. The highest BCUT2D eigenvalue weighted by atomic mass is 16.5. The van der Waals surface area contributed by atoms with Gasteiger partial charge in [0.25, 0.3) is 5.91 Å². The van der Waals surface area contributed by atoms with E-state index >= 15 is 0 Å². The van der Waals surface area contributed by atoms with Gasteiger partial charge in [0.15, 0.2) is 0 Å². The van der Waals surface area contributed by atoms with Gasteiger partial charge in [-0.2, -0.15) is 0 Å². The van der Waals surface area contributed by atoms with E-state index < -0.39 is 0 Å². The van der Waals surface area contributed by atoms with Gasteiger partial charge in [0.1, 0.15) is 5.75 Å². The first kappa shape index (κ1) is 20.8. The molecule has 0 radical (unpaired) electrons. The summed E-state index contributed by atoms with van der Waals surface area (Å²) >= 11 is 0. The van der Waals surface area contributed by atoms with Crippen LogP contribution in [0.5, 0.6) is 11.6 Å². The Labute approximate surface area is 180 Å². The molecule has 31 heavy (non-hydrogen) atoms. The van der Waals surface area contributed by atoms with Crippen LogP contribution in [0.25, 0.3) is 0 Å². The molecule has 1 saturated carbocycles. The maximum atomic E-state index is 12.9. The van der Waals surface area contributed by atoms with Crippen LogP contribution < -0.4 is 15.7 Å². The summed E-state index contributed by atoms with van der Waals surface area (Å²) in [6.45, 7) is 0.481. The molecule has 0 unspecified atom stereocenters. The Morgan fingerprint density at radius 3 is 2.48 bits per heavy atom. The van der Waals surface area contributed by atoms with Crippen molar-refractivity contribution in [2.75, 3.05) is 13.7 Å². The van der Waals surface area contributed by atoms with Gasteiger partial charge < -0.3 is 20.1 Å². The Bertz CT molecular complexity index is 1100. The Balaban J connectivity index is 1.55. The third-order valence-corrected chi connectivity index (χ3v) is 6.39. The van der Waals surface area contributed by atoms with E-state index in [0.29, 0.717) is 17.9 Å². The van der Waals surface area contributed by atoms with Gasteiger partial charge in [0, 0.05) is 18.0 Å². The lowest BCUT2D eigenvalue weighted by atomic mass is 9.68. The highest BCUT2D eigenvalue weighted by Crippen LogP contribution is 2.43. The third kappa shape index (κ3) is 4.08. The molecule has 7 heteroatoms. The van der Waals surface area contributed by atoms with E-state index in [9.17, 15) is 14.7 Å². The number of H-pyrrole nitrogens is 1. The van der Waals surface area contributed by atoms with Crippen molar-refractivity contribution in [3.63, 3.8) is 0 Å². The van der Waals surface area contributed by atoms with Gasteiger partial charge in [-0.25, -0.2) is 4.79 Å². The lowest BCUT2D eigenvalue weighted by Gasteiger charge is -2.41. The van der Waals surface area contributed by atoms with Gasteiger partial charge in [-0.1, -0.05) is 42.5 Å². The molecule has 0 spiro atoms. The molecule has 1 heterocycles. The molecule has 1 aliphatic carbocycles. The van der Waals surface area contributed by atoms with E-state index in [1.165, 1.54) is 16.3 Å². The Kier molecular flexibility index (Phi) is 5.84. The molecule has 0 bridgehead atoms. The fraction of sp³-hybridized carbons (Fsp3) is 0.333. The Morgan fingerprint density at radius 1 is 1.16 bits per heavy atom. The first-order chi connectivity index (χ1) is 15.0. The minimum absolute atomic E-state index is 0.0355. The molecule has 1 fully saturated rings. The van der Waals surface area contributed by atoms with Crippen molar-refractivity contribution in [3.05, 3.63) is 82.4 Å². The molecule has 2 aromatic carbocycles. The smallest absolute Gasteiger partial charge is 0.328 e. The van der Waals surface area contributed by atoms with Gasteiger partial charge in [0.2, 0.25) is 5.88 Å². The maximum Gasteiger partial charge on any atom is 0.328 e. The summed E-state index contributed by atoms with van der Waals surface area (Å²) in [7, 11) is 1.55. The lowest BCUT2D eigenvalue weighted by molar-refractivity contribution is 0.0929. The van der Waals surface area contributed by atoms with Crippen molar-refractivity contribution >= 4 is 5.91 Å². The highest BCUT2D eigenvalue weighted by molar-refractivity contribution is 5.96. The van der Waals surface area contributed by atoms with Crippen LogP contribution in [0.15, 0.2) is 65.6 Å². The number of aromatic amines is 1. The zero-order valence-electron chi connectivity index (χ0n) is 17.5. The van der Waals surface area contributed by atoms with Crippen molar-refractivity contribution in [3.8, 4) is 11.6 Å². The van der Waals surface area contributed by atoms with Gasteiger partial charge >= 0.3 is 5.69 Å². The zero-order chi connectivity index (χ0) is 21.8. The van der Waals surface area contributed by atoms with Crippen LogP contribution in [0.2, 0.25) is 0 Å². The molecule has 3 aromatic rings. The van der Waals surface area contributed by atoms with Gasteiger partial charge in [0.05, 0.1) is 18.9 Å². The number of rotatable bonds is 6. The van der Waals surface area contributed by atoms with Crippen LogP contribution in [0.4, 0.5) is 0 Å². The number of hydrogen-bond acceptors (Lipinski definition) is 4. The summed E-state index contributed by atoms with van der Waals surface area (Å²) in [5, 5.41) is 13.2. The molecule has 3 N–H and O–H groups in total. The van der Waals surface area contributed by atoms with E-state index in [0.717, 1.165) is 25.7 Å². The van der Waals surface area contributed by atoms with Crippen LogP contribution >= 0.6 is 0 Å². The van der Waals surface area contributed by atoms with Crippen molar-refractivity contribution in [1.29, 1.82) is 0 Å². The molecule has 0 atom stereocenters. The Morgan fingerprint density at radius 2 is 1.84 bits per heavy atom. The zero-order valence-corrected chi connectivity index (χ0v) is 17.5. The summed E-state index contributed by atoms with van der Waals surface area (Å²) in [5.74, 6) is 0.334. The lowest BCUT2D eigenvalue weighted by Crippen LogP contribution is -2.44. The number of nitrogens with one attached hydrogen (secondary N) is 2. The number of carbonyl (C=O) groups is 1. The van der Waals surface area contributed by atoms with E-state index in [1.807, 2.05) is 30.3 Å². The van der Waals surface area contributed by atoms with Crippen LogP contribution in [0.3, 0.4) is 0 Å². The SMILES string of the molecule is COc1ccccc1C(=O)NCC1(c2ccccc2)CCC(n2c(O)c[nH]c2=O)CC1. The molecular formula is C24H27N3O4. The first-order valence-corrected chi connectivity index (χ1v) is 10.5. The van der Waals surface area contributed by atoms with Crippen LogP contribution in [-0.2, 0) is 5.41 Å². The average Bonchev–Trinajstić information content (AvgIpc) is 3.16. The first-order valence-electron chi connectivity index (χ1n) is 10.5.